The predicted molar refractivity (Wildman–Crippen MR) is 98.7 cm³/mol. The lowest BCUT2D eigenvalue weighted by Crippen LogP contribution is -2.07. The van der Waals surface area contributed by atoms with Crippen LogP contribution in [0.15, 0.2) is 24.3 Å². The van der Waals surface area contributed by atoms with E-state index in [1.165, 1.54) is 50.5 Å². The maximum Gasteiger partial charge on any atom is 0.373 e. The van der Waals surface area contributed by atoms with E-state index in [0.717, 1.165) is 25.7 Å². The monoisotopic (exact) mass is 333 g/mol. The van der Waals surface area contributed by atoms with Crippen LogP contribution >= 0.6 is 0 Å². The Balaban J connectivity index is 2.14. The summed E-state index contributed by atoms with van der Waals surface area (Å²) in [6.45, 7) is 6.51. The minimum atomic E-state index is -0.412. The van der Waals surface area contributed by atoms with Crippen LogP contribution in [0, 0.1) is 6.92 Å². The lowest BCUT2D eigenvalue weighted by atomic mass is 10.0. The molecule has 1 rings (SSSR count). The Morgan fingerprint density at radius 3 is 2.29 bits per heavy atom. The van der Waals surface area contributed by atoms with Crippen LogP contribution < -0.4 is 0 Å². The number of benzene rings is 1. The molecule has 0 N–H and O–H groups in total. The molecule has 0 unspecified atom stereocenters. The molecule has 0 aliphatic rings. The van der Waals surface area contributed by atoms with E-state index in [-0.39, 0.29) is 0 Å². The Bertz CT molecular complexity index is 425. The normalized spacial score (nSPS) is 10.8. The molecular weight excluding hydrogens is 300 g/mol. The molecule has 0 saturated heterocycles. The molecule has 0 fully saturated rings. The second-order valence-corrected chi connectivity index (χ2v) is 6.32. The summed E-state index contributed by atoms with van der Waals surface area (Å²) in [4.78, 5) is 21.8. The number of rotatable bonds is 14. The molecule has 0 spiro atoms. The lowest BCUT2D eigenvalue weighted by molar-refractivity contribution is -0.241. The lowest BCUT2D eigenvalue weighted by Gasteiger charge is -2.05. The first-order valence-corrected chi connectivity index (χ1v) is 9.50. The van der Waals surface area contributed by atoms with Crippen molar-refractivity contribution in [2.45, 2.75) is 77.6 Å². The molecule has 1 radical (unpaired) electrons. The standard InChI is InChI=1S/C21H33O3/c1-3-5-7-9-10-12-18-23-24-21(22)20-16-14-19(15-17-20)13-11-8-6-4-2/h14-17H,1,3-13,18H2,2H3. The van der Waals surface area contributed by atoms with E-state index in [1.54, 1.807) is 0 Å². The zero-order valence-electron chi connectivity index (χ0n) is 15.2. The number of carbonyl (C=O) groups excluding carboxylic acids is 1. The SMILES string of the molecule is [CH2]CCCCCCCOOC(=O)c1ccc(CCCCCC)cc1. The molecule has 0 aliphatic carbocycles. The van der Waals surface area contributed by atoms with Crippen molar-refractivity contribution in [1.82, 2.24) is 0 Å². The third-order valence-electron chi connectivity index (χ3n) is 4.12. The molecule has 1 aromatic carbocycles. The fourth-order valence-electron chi connectivity index (χ4n) is 2.57. The van der Waals surface area contributed by atoms with E-state index in [1.807, 2.05) is 24.3 Å². The molecule has 24 heavy (non-hydrogen) atoms. The molecule has 3 heteroatoms. The highest BCUT2D eigenvalue weighted by Crippen LogP contribution is 2.11. The Kier molecular flexibility index (Phi) is 12.1. The van der Waals surface area contributed by atoms with Crippen LogP contribution in [0.5, 0.6) is 0 Å². The van der Waals surface area contributed by atoms with Gasteiger partial charge >= 0.3 is 5.97 Å². The number of hydrogen-bond donors (Lipinski definition) is 0. The van der Waals surface area contributed by atoms with Crippen molar-refractivity contribution in [1.29, 1.82) is 0 Å². The van der Waals surface area contributed by atoms with E-state index in [9.17, 15) is 4.79 Å². The quantitative estimate of drug-likeness (QED) is 0.235. The molecule has 0 saturated carbocycles. The highest BCUT2D eigenvalue weighted by Gasteiger charge is 2.08. The van der Waals surface area contributed by atoms with E-state index in [2.05, 4.69) is 13.8 Å². The third kappa shape index (κ3) is 9.71. The van der Waals surface area contributed by atoms with Crippen LogP contribution in [0.2, 0.25) is 0 Å². The first-order valence-electron chi connectivity index (χ1n) is 9.50. The Hall–Kier alpha value is -1.35. The topological polar surface area (TPSA) is 35.5 Å². The summed E-state index contributed by atoms with van der Waals surface area (Å²) in [7, 11) is 0. The van der Waals surface area contributed by atoms with Gasteiger partial charge in [0.15, 0.2) is 0 Å². The zero-order chi connectivity index (χ0) is 17.5. The second kappa shape index (κ2) is 14.0. The van der Waals surface area contributed by atoms with Crippen molar-refractivity contribution in [3.63, 3.8) is 0 Å². The van der Waals surface area contributed by atoms with Gasteiger partial charge in [-0.25, -0.2) is 4.79 Å². The number of unbranched alkanes of at least 4 members (excludes halogenated alkanes) is 8. The number of aryl methyl sites for hydroxylation is 1. The minimum Gasteiger partial charge on any atom is -0.293 e. The van der Waals surface area contributed by atoms with Gasteiger partial charge in [0.05, 0.1) is 12.2 Å². The highest BCUT2D eigenvalue weighted by molar-refractivity contribution is 5.88. The molecular formula is C21H33O3. The van der Waals surface area contributed by atoms with E-state index in [0.29, 0.717) is 12.2 Å². The summed E-state index contributed by atoms with van der Waals surface area (Å²) in [6, 6.07) is 7.65. The first kappa shape index (κ1) is 20.7. The molecule has 0 heterocycles. The zero-order valence-corrected chi connectivity index (χ0v) is 15.2. The summed E-state index contributed by atoms with van der Waals surface area (Å²) < 4.78 is 0. The van der Waals surface area contributed by atoms with Gasteiger partial charge in [0.25, 0.3) is 0 Å². The third-order valence-corrected chi connectivity index (χ3v) is 4.12. The molecule has 0 bridgehead atoms. The van der Waals surface area contributed by atoms with Crippen LogP contribution in [0.3, 0.4) is 0 Å². The smallest absolute Gasteiger partial charge is 0.293 e. The van der Waals surface area contributed by atoms with Crippen LogP contribution in [-0.2, 0) is 16.2 Å². The van der Waals surface area contributed by atoms with Gasteiger partial charge in [-0.05, 0) is 37.0 Å². The molecule has 1 aromatic rings. The van der Waals surface area contributed by atoms with Crippen LogP contribution in [-0.4, -0.2) is 12.6 Å². The minimum absolute atomic E-state index is 0.412. The fourth-order valence-corrected chi connectivity index (χ4v) is 2.57. The van der Waals surface area contributed by atoms with Gasteiger partial charge < -0.3 is 0 Å². The first-order chi connectivity index (χ1) is 11.8. The Labute approximate surface area is 147 Å². The predicted octanol–water partition coefficient (Wildman–Crippen LogP) is 6.07. The highest BCUT2D eigenvalue weighted by atomic mass is 17.2. The van der Waals surface area contributed by atoms with Gasteiger partial charge in [-0.3, -0.25) is 4.89 Å². The van der Waals surface area contributed by atoms with Crippen molar-refractivity contribution in [3.8, 4) is 0 Å². The van der Waals surface area contributed by atoms with Gasteiger partial charge in [-0.1, -0.05) is 77.3 Å². The van der Waals surface area contributed by atoms with Crippen LogP contribution in [0.4, 0.5) is 0 Å². The summed E-state index contributed by atoms with van der Waals surface area (Å²) >= 11 is 0. The van der Waals surface area contributed by atoms with Crippen molar-refractivity contribution in [2.75, 3.05) is 6.61 Å². The average Bonchev–Trinajstić information content (AvgIpc) is 2.61. The van der Waals surface area contributed by atoms with Gasteiger partial charge in [0, 0.05) is 0 Å². The van der Waals surface area contributed by atoms with Gasteiger partial charge in [0.2, 0.25) is 0 Å². The van der Waals surface area contributed by atoms with Crippen LogP contribution in [0.25, 0.3) is 0 Å². The van der Waals surface area contributed by atoms with Gasteiger partial charge in [0.1, 0.15) is 0 Å². The molecule has 135 valence electrons. The molecule has 0 aliphatic heterocycles. The second-order valence-electron chi connectivity index (χ2n) is 6.32. The number of hydrogen-bond acceptors (Lipinski definition) is 3. The van der Waals surface area contributed by atoms with Gasteiger partial charge in [-0.2, -0.15) is 4.89 Å². The summed E-state index contributed by atoms with van der Waals surface area (Å²) in [5.41, 5.74) is 1.81. The molecule has 0 amide bonds. The van der Waals surface area contributed by atoms with Crippen molar-refractivity contribution < 1.29 is 14.6 Å². The maximum atomic E-state index is 11.9. The molecule has 0 aromatic heterocycles. The van der Waals surface area contributed by atoms with Crippen molar-refractivity contribution in [2.24, 2.45) is 0 Å². The Morgan fingerprint density at radius 1 is 0.917 bits per heavy atom. The van der Waals surface area contributed by atoms with Crippen molar-refractivity contribution >= 4 is 5.97 Å². The van der Waals surface area contributed by atoms with Crippen molar-refractivity contribution in [3.05, 3.63) is 42.3 Å². The van der Waals surface area contributed by atoms with Gasteiger partial charge in [-0.15, -0.1) is 0 Å². The Morgan fingerprint density at radius 2 is 1.58 bits per heavy atom. The molecule has 3 nitrogen and oxygen atoms in total. The summed E-state index contributed by atoms with van der Waals surface area (Å²) in [5.74, 6) is -0.412. The fraction of sp³-hybridized carbons (Fsp3) is 0.619. The summed E-state index contributed by atoms with van der Waals surface area (Å²) in [6.07, 6.45) is 12.7. The molecule has 0 atom stereocenters. The van der Waals surface area contributed by atoms with E-state index in [4.69, 9.17) is 9.78 Å². The largest absolute Gasteiger partial charge is 0.373 e. The average molecular weight is 333 g/mol. The summed E-state index contributed by atoms with van der Waals surface area (Å²) in [5, 5.41) is 0. The van der Waals surface area contributed by atoms with E-state index < -0.39 is 5.97 Å². The number of carbonyl (C=O) groups is 1. The van der Waals surface area contributed by atoms with E-state index >= 15 is 0 Å². The van der Waals surface area contributed by atoms with Crippen LogP contribution in [0.1, 0.15) is 87.1 Å². The maximum absolute atomic E-state index is 11.9.